The molecular formula is C29H49BrO3. The maximum atomic E-state index is 12.1. The Bertz CT molecular complexity index is 724. The van der Waals surface area contributed by atoms with Crippen molar-refractivity contribution < 1.29 is 14.6 Å². The number of alkyl halides is 1. The molecule has 0 aromatic rings. The van der Waals surface area contributed by atoms with Crippen LogP contribution >= 0.6 is 15.9 Å². The molecule has 0 aromatic heterocycles. The van der Waals surface area contributed by atoms with Crippen molar-refractivity contribution in [2.45, 2.75) is 129 Å². The van der Waals surface area contributed by atoms with E-state index in [2.05, 4.69) is 50.5 Å². The third-order valence-electron chi connectivity index (χ3n) is 11.3. The van der Waals surface area contributed by atoms with Gasteiger partial charge in [0, 0.05) is 23.6 Å². The summed E-state index contributed by atoms with van der Waals surface area (Å²) in [5.74, 6) is 4.36. The molecule has 4 heteroatoms. The van der Waals surface area contributed by atoms with E-state index >= 15 is 0 Å². The summed E-state index contributed by atoms with van der Waals surface area (Å²) in [6.07, 6.45) is 12.8. The fourth-order valence-electron chi connectivity index (χ4n) is 9.55. The second-order valence-electron chi connectivity index (χ2n) is 13.4. The average Bonchev–Trinajstić information content (AvgIpc) is 3.07. The molecule has 0 aromatic carbocycles. The minimum Gasteiger partial charge on any atom is -0.462 e. The lowest BCUT2D eigenvalue weighted by atomic mass is 9.43. The van der Waals surface area contributed by atoms with Crippen molar-refractivity contribution in [3.8, 4) is 0 Å². The fraction of sp³-hybridized carbons (Fsp3) is 0.966. The molecule has 0 amide bonds. The van der Waals surface area contributed by atoms with Gasteiger partial charge >= 0.3 is 5.97 Å². The van der Waals surface area contributed by atoms with E-state index in [0.29, 0.717) is 23.7 Å². The third kappa shape index (κ3) is 4.36. The average molecular weight is 526 g/mol. The summed E-state index contributed by atoms with van der Waals surface area (Å²) in [6, 6.07) is 0. The number of esters is 1. The topological polar surface area (TPSA) is 46.5 Å². The highest BCUT2D eigenvalue weighted by Gasteiger charge is 2.67. The van der Waals surface area contributed by atoms with E-state index in [1.807, 2.05) is 0 Å². The number of carbonyl (C=O) groups excluding carboxylic acids is 1. The van der Waals surface area contributed by atoms with Crippen LogP contribution in [-0.4, -0.2) is 27.6 Å². The molecule has 4 fully saturated rings. The van der Waals surface area contributed by atoms with Crippen molar-refractivity contribution in [3.63, 3.8) is 0 Å². The third-order valence-corrected chi connectivity index (χ3v) is 12.4. The first-order valence-electron chi connectivity index (χ1n) is 14.0. The molecule has 4 aliphatic carbocycles. The SMILES string of the molecule is CC(=O)O[C@H]1CC[C@]2(C)[C@H]3CC[C@]4(C)[C@@H]([C@H](C)CCCC(C)C)CC[C@H]4[C@@H]3C[C@@H](Br)[C@@]2(O)C1. The first-order chi connectivity index (χ1) is 15.4. The number of ether oxygens (including phenoxy) is 1. The van der Waals surface area contributed by atoms with Gasteiger partial charge in [-0.05, 0) is 85.9 Å². The normalized spacial score (nSPS) is 48.0. The highest BCUT2D eigenvalue weighted by atomic mass is 79.9. The van der Waals surface area contributed by atoms with Crippen molar-refractivity contribution >= 4 is 21.9 Å². The summed E-state index contributed by atoms with van der Waals surface area (Å²) < 4.78 is 5.59. The Balaban J connectivity index is 1.51. The molecule has 0 radical (unpaired) electrons. The molecule has 10 atom stereocenters. The molecule has 0 saturated heterocycles. The van der Waals surface area contributed by atoms with Gasteiger partial charge in [-0.3, -0.25) is 4.79 Å². The van der Waals surface area contributed by atoms with Gasteiger partial charge in [-0.25, -0.2) is 0 Å². The fourth-order valence-corrected chi connectivity index (χ4v) is 10.7. The molecule has 1 N–H and O–H groups in total. The number of carbonyl (C=O) groups is 1. The molecule has 4 saturated carbocycles. The first kappa shape index (κ1) is 26.0. The van der Waals surface area contributed by atoms with Gasteiger partial charge in [0.1, 0.15) is 6.10 Å². The predicted molar refractivity (Wildman–Crippen MR) is 138 cm³/mol. The number of rotatable bonds is 6. The molecule has 0 unspecified atom stereocenters. The molecule has 4 rings (SSSR count). The second kappa shape index (κ2) is 9.41. The quantitative estimate of drug-likeness (QED) is 0.288. The molecule has 0 heterocycles. The van der Waals surface area contributed by atoms with Crippen LogP contribution in [0.15, 0.2) is 0 Å². The van der Waals surface area contributed by atoms with Crippen LogP contribution in [0.4, 0.5) is 0 Å². The van der Waals surface area contributed by atoms with Gasteiger partial charge < -0.3 is 9.84 Å². The van der Waals surface area contributed by atoms with E-state index in [1.54, 1.807) is 0 Å². The van der Waals surface area contributed by atoms with Gasteiger partial charge in [-0.2, -0.15) is 0 Å². The van der Waals surface area contributed by atoms with Crippen molar-refractivity contribution in [2.24, 2.45) is 46.3 Å². The van der Waals surface area contributed by atoms with E-state index in [-0.39, 0.29) is 22.3 Å². The smallest absolute Gasteiger partial charge is 0.302 e. The zero-order chi connectivity index (χ0) is 24.2. The predicted octanol–water partition coefficient (Wildman–Crippen LogP) is 7.53. The van der Waals surface area contributed by atoms with Gasteiger partial charge in [-0.1, -0.05) is 69.8 Å². The van der Waals surface area contributed by atoms with Crippen LogP contribution in [0.25, 0.3) is 0 Å². The number of aliphatic hydroxyl groups is 1. The Kier molecular flexibility index (Phi) is 7.41. The zero-order valence-corrected chi connectivity index (χ0v) is 23.6. The summed E-state index contributed by atoms with van der Waals surface area (Å²) in [4.78, 5) is 11.7. The maximum Gasteiger partial charge on any atom is 0.302 e. The van der Waals surface area contributed by atoms with Gasteiger partial charge in [0.2, 0.25) is 0 Å². The minimum absolute atomic E-state index is 0.0828. The lowest BCUT2D eigenvalue weighted by Crippen LogP contribution is -2.67. The van der Waals surface area contributed by atoms with Crippen LogP contribution in [-0.2, 0) is 9.53 Å². The summed E-state index contributed by atoms with van der Waals surface area (Å²) in [5, 5.41) is 12.1. The van der Waals surface area contributed by atoms with Gasteiger partial charge in [-0.15, -0.1) is 0 Å². The van der Waals surface area contributed by atoms with Gasteiger partial charge in [0.05, 0.1) is 5.60 Å². The van der Waals surface area contributed by atoms with Crippen LogP contribution < -0.4 is 0 Å². The Labute approximate surface area is 211 Å². The molecular weight excluding hydrogens is 476 g/mol. The number of hydrogen-bond acceptors (Lipinski definition) is 3. The van der Waals surface area contributed by atoms with Crippen LogP contribution in [0.3, 0.4) is 0 Å². The first-order valence-corrected chi connectivity index (χ1v) is 14.9. The largest absolute Gasteiger partial charge is 0.462 e. The number of fused-ring (bicyclic) bond motifs is 5. The summed E-state index contributed by atoms with van der Waals surface area (Å²) >= 11 is 3.99. The van der Waals surface area contributed by atoms with E-state index in [9.17, 15) is 9.90 Å². The second-order valence-corrected chi connectivity index (χ2v) is 14.5. The van der Waals surface area contributed by atoms with Gasteiger partial charge in [0.15, 0.2) is 0 Å². The summed E-state index contributed by atoms with van der Waals surface area (Å²) in [6.45, 7) is 13.7. The van der Waals surface area contributed by atoms with Crippen molar-refractivity contribution in [1.29, 1.82) is 0 Å². The lowest BCUT2D eigenvalue weighted by molar-refractivity contribution is -0.219. The molecule has 0 spiro atoms. The minimum atomic E-state index is -0.789. The summed E-state index contributed by atoms with van der Waals surface area (Å²) in [7, 11) is 0. The van der Waals surface area contributed by atoms with E-state index < -0.39 is 5.60 Å². The van der Waals surface area contributed by atoms with Crippen molar-refractivity contribution in [2.75, 3.05) is 0 Å². The van der Waals surface area contributed by atoms with E-state index in [1.165, 1.54) is 51.9 Å². The van der Waals surface area contributed by atoms with Crippen LogP contribution in [0, 0.1) is 46.3 Å². The zero-order valence-electron chi connectivity index (χ0n) is 22.0. The highest BCUT2D eigenvalue weighted by Crippen LogP contribution is 2.70. The monoisotopic (exact) mass is 524 g/mol. The van der Waals surface area contributed by atoms with Crippen LogP contribution in [0.1, 0.15) is 112 Å². The molecule has 0 aliphatic heterocycles. The molecule has 33 heavy (non-hydrogen) atoms. The maximum absolute atomic E-state index is 12.1. The van der Waals surface area contributed by atoms with Crippen LogP contribution in [0.5, 0.6) is 0 Å². The van der Waals surface area contributed by atoms with Crippen molar-refractivity contribution in [3.05, 3.63) is 0 Å². The van der Waals surface area contributed by atoms with E-state index in [0.717, 1.165) is 42.9 Å². The van der Waals surface area contributed by atoms with Crippen LogP contribution in [0.2, 0.25) is 0 Å². The Hall–Kier alpha value is -0.0900. The molecule has 190 valence electrons. The van der Waals surface area contributed by atoms with Crippen molar-refractivity contribution in [1.82, 2.24) is 0 Å². The molecule has 0 bridgehead atoms. The standard InChI is InChI=1S/C29H49BrO3/c1-18(2)8-7-9-19(3)23-10-11-24-22-16-26(30)29(32)17-21(33-20(4)31)12-15-28(29,6)25(22)13-14-27(23,24)5/h18-19,21-26,32H,7-17H2,1-6H3/t19-,21+,22+,23-,24+,25+,26-,27-,28-,29+/m1/s1. The molecule has 3 nitrogen and oxygen atoms in total. The number of hydrogen-bond donors (Lipinski definition) is 1. The van der Waals surface area contributed by atoms with Gasteiger partial charge in [0.25, 0.3) is 0 Å². The number of halogens is 1. The Morgan fingerprint density at radius 2 is 1.79 bits per heavy atom. The lowest BCUT2D eigenvalue weighted by Gasteiger charge is -2.65. The molecule has 4 aliphatic rings. The summed E-state index contributed by atoms with van der Waals surface area (Å²) in [5.41, 5.74) is -0.419. The Morgan fingerprint density at radius 3 is 2.45 bits per heavy atom. The Morgan fingerprint density at radius 1 is 1.06 bits per heavy atom. The highest BCUT2D eigenvalue weighted by molar-refractivity contribution is 9.09. The van der Waals surface area contributed by atoms with E-state index in [4.69, 9.17) is 4.74 Å².